The molecule has 2 fully saturated rings. The molecule has 9 heteroatoms. The van der Waals surface area contributed by atoms with Crippen molar-refractivity contribution >= 4 is 23.7 Å². The summed E-state index contributed by atoms with van der Waals surface area (Å²) in [6.45, 7) is 2.25. The summed E-state index contributed by atoms with van der Waals surface area (Å²) in [5.41, 5.74) is 1.71. The van der Waals surface area contributed by atoms with Gasteiger partial charge < -0.3 is 20.2 Å². The summed E-state index contributed by atoms with van der Waals surface area (Å²) in [5, 5.41) is 12.2. The number of carboxylic acids is 1. The number of aryl methyl sites for hydroxylation is 1. The Kier molecular flexibility index (Phi) is 8.76. The molecule has 2 aliphatic rings. The van der Waals surface area contributed by atoms with E-state index in [1.54, 1.807) is 18.2 Å². The molecular weight excluding hydrogens is 489 g/mol. The van der Waals surface area contributed by atoms with Gasteiger partial charge in [-0.05, 0) is 49.1 Å². The topological polar surface area (TPSA) is 107 Å². The summed E-state index contributed by atoms with van der Waals surface area (Å²) in [5.74, 6) is -2.36. The summed E-state index contributed by atoms with van der Waals surface area (Å²) in [7, 11) is 0. The van der Waals surface area contributed by atoms with Crippen molar-refractivity contribution in [2.75, 3.05) is 13.1 Å². The van der Waals surface area contributed by atoms with E-state index in [1.807, 2.05) is 13.0 Å². The first-order chi connectivity index (χ1) is 18.2. The molecule has 1 saturated heterocycles. The molecule has 1 aliphatic carbocycles. The van der Waals surface area contributed by atoms with E-state index in [2.05, 4.69) is 5.32 Å². The molecular formula is C29H34FN3O5. The number of hydrogen-bond donors (Lipinski definition) is 2. The highest BCUT2D eigenvalue weighted by Gasteiger charge is 2.43. The highest BCUT2D eigenvalue weighted by atomic mass is 19.1. The normalized spacial score (nSPS) is 18.4. The van der Waals surface area contributed by atoms with Gasteiger partial charge >= 0.3 is 5.97 Å². The monoisotopic (exact) mass is 523 g/mol. The molecule has 0 bridgehead atoms. The zero-order valence-corrected chi connectivity index (χ0v) is 21.6. The van der Waals surface area contributed by atoms with Crippen LogP contribution in [-0.2, 0) is 14.4 Å². The molecule has 2 aromatic rings. The lowest BCUT2D eigenvalue weighted by molar-refractivity contribution is -0.143. The minimum atomic E-state index is -1.21. The highest BCUT2D eigenvalue weighted by Crippen LogP contribution is 2.30. The largest absolute Gasteiger partial charge is 0.481 e. The van der Waals surface area contributed by atoms with Gasteiger partial charge in [0.25, 0.3) is 11.8 Å². The van der Waals surface area contributed by atoms with Crippen LogP contribution in [0, 0.1) is 18.7 Å². The van der Waals surface area contributed by atoms with E-state index in [1.165, 1.54) is 46.9 Å². The minimum absolute atomic E-state index is 0.181. The Hall–Kier alpha value is -3.75. The van der Waals surface area contributed by atoms with Crippen LogP contribution in [0.5, 0.6) is 0 Å². The molecule has 2 N–H and O–H groups in total. The van der Waals surface area contributed by atoms with Crippen molar-refractivity contribution in [3.8, 4) is 0 Å². The zero-order chi connectivity index (χ0) is 27.2. The Morgan fingerprint density at radius 2 is 1.71 bits per heavy atom. The van der Waals surface area contributed by atoms with Gasteiger partial charge in [-0.3, -0.25) is 19.2 Å². The number of rotatable bonds is 9. The maximum atomic E-state index is 13.7. The number of aliphatic carboxylic acids is 1. The average molecular weight is 524 g/mol. The number of nitrogens with zero attached hydrogens (tertiary/aromatic N) is 2. The third-order valence-corrected chi connectivity index (χ3v) is 7.46. The number of carbonyl (C=O) groups excluding carboxylic acids is 3. The molecule has 8 nitrogen and oxygen atoms in total. The molecule has 2 unspecified atom stereocenters. The predicted octanol–water partition coefficient (Wildman–Crippen LogP) is 4.05. The van der Waals surface area contributed by atoms with Crippen LogP contribution < -0.4 is 5.32 Å². The molecule has 2 atom stereocenters. The van der Waals surface area contributed by atoms with Crippen molar-refractivity contribution in [3.05, 3.63) is 71.0 Å². The van der Waals surface area contributed by atoms with Gasteiger partial charge in [-0.25, -0.2) is 4.39 Å². The minimum Gasteiger partial charge on any atom is -0.481 e. The van der Waals surface area contributed by atoms with Crippen LogP contribution >= 0.6 is 0 Å². The van der Waals surface area contributed by atoms with Gasteiger partial charge in [0.05, 0.1) is 12.5 Å². The van der Waals surface area contributed by atoms with Crippen molar-refractivity contribution in [1.82, 2.24) is 15.1 Å². The van der Waals surface area contributed by atoms with Crippen LogP contribution in [0.15, 0.2) is 48.5 Å². The summed E-state index contributed by atoms with van der Waals surface area (Å²) >= 11 is 0. The molecule has 3 amide bonds. The molecule has 2 aromatic carbocycles. The van der Waals surface area contributed by atoms with Crippen molar-refractivity contribution in [2.45, 2.75) is 64.1 Å². The van der Waals surface area contributed by atoms with Crippen LogP contribution in [0.25, 0.3) is 0 Å². The van der Waals surface area contributed by atoms with Gasteiger partial charge in [0, 0.05) is 25.1 Å². The van der Waals surface area contributed by atoms with Crippen molar-refractivity contribution in [1.29, 1.82) is 0 Å². The Labute approximate surface area is 221 Å². The Bertz CT molecular complexity index is 1180. The summed E-state index contributed by atoms with van der Waals surface area (Å²) in [4.78, 5) is 54.9. The van der Waals surface area contributed by atoms with Crippen LogP contribution in [0.2, 0.25) is 0 Å². The second-order valence-electron chi connectivity index (χ2n) is 10.2. The molecule has 0 aromatic heterocycles. The molecule has 38 heavy (non-hydrogen) atoms. The molecule has 0 spiro atoms. The van der Waals surface area contributed by atoms with Gasteiger partial charge in [-0.1, -0.05) is 55.5 Å². The number of halogens is 1. The fraction of sp³-hybridized carbons (Fsp3) is 0.448. The zero-order valence-electron chi connectivity index (χ0n) is 21.6. The van der Waals surface area contributed by atoms with E-state index < -0.39 is 36.3 Å². The Balaban J connectivity index is 1.58. The lowest BCUT2D eigenvalue weighted by Gasteiger charge is -2.31. The first-order valence-electron chi connectivity index (χ1n) is 13.2. The number of benzene rings is 2. The number of amides is 3. The number of nitrogens with one attached hydrogen (secondary N) is 1. The van der Waals surface area contributed by atoms with Gasteiger partial charge in [-0.15, -0.1) is 0 Å². The van der Waals surface area contributed by atoms with Crippen LogP contribution in [0.3, 0.4) is 0 Å². The average Bonchev–Trinajstić information content (AvgIpc) is 3.57. The van der Waals surface area contributed by atoms with E-state index in [0.717, 1.165) is 24.8 Å². The SMILES string of the molecule is Cc1cccc(C(=O)N2CCN(C(=O)CCC3CCCC3)C2C(=O)NC(CC(=O)O)c2ccc(F)cc2)c1. The fourth-order valence-electron chi connectivity index (χ4n) is 5.47. The van der Waals surface area contributed by atoms with E-state index >= 15 is 0 Å². The standard InChI is InChI=1S/C29H34FN3O5/c1-19-5-4-8-22(17-19)29(38)33-16-15-32(25(34)14-9-20-6-2-3-7-20)28(33)27(37)31-24(18-26(35)36)21-10-12-23(30)13-11-21/h4-5,8,10-13,17,20,24,28H,2-3,6-7,9,14-16,18H2,1H3,(H,31,37)(H,35,36). The molecule has 4 rings (SSSR count). The predicted molar refractivity (Wildman–Crippen MR) is 138 cm³/mol. The summed E-state index contributed by atoms with van der Waals surface area (Å²) < 4.78 is 13.5. The van der Waals surface area contributed by atoms with Crippen LogP contribution in [-0.4, -0.2) is 57.9 Å². The maximum Gasteiger partial charge on any atom is 0.305 e. The first-order valence-corrected chi connectivity index (χ1v) is 13.2. The van der Waals surface area contributed by atoms with Gasteiger partial charge in [0.2, 0.25) is 5.91 Å². The van der Waals surface area contributed by atoms with Crippen LogP contribution in [0.4, 0.5) is 4.39 Å². The Morgan fingerprint density at radius 3 is 2.37 bits per heavy atom. The van der Waals surface area contributed by atoms with Crippen LogP contribution in [0.1, 0.15) is 72.5 Å². The highest BCUT2D eigenvalue weighted by molar-refractivity contribution is 5.99. The van der Waals surface area contributed by atoms with Crippen molar-refractivity contribution < 1.29 is 28.7 Å². The quantitative estimate of drug-likeness (QED) is 0.516. The Morgan fingerprint density at radius 1 is 1.03 bits per heavy atom. The molecule has 1 saturated carbocycles. The number of carbonyl (C=O) groups is 4. The number of carboxylic acid groups (broad SMARTS) is 1. The van der Waals surface area contributed by atoms with Crippen molar-refractivity contribution in [2.24, 2.45) is 5.92 Å². The second-order valence-corrected chi connectivity index (χ2v) is 10.2. The van der Waals surface area contributed by atoms with Gasteiger partial charge in [-0.2, -0.15) is 0 Å². The third-order valence-electron chi connectivity index (χ3n) is 7.46. The molecule has 0 radical (unpaired) electrons. The lowest BCUT2D eigenvalue weighted by atomic mass is 10.0. The fourth-order valence-corrected chi connectivity index (χ4v) is 5.47. The molecule has 1 heterocycles. The molecule has 1 aliphatic heterocycles. The van der Waals surface area contributed by atoms with E-state index in [0.29, 0.717) is 17.0 Å². The first kappa shape index (κ1) is 27.3. The number of hydrogen-bond acceptors (Lipinski definition) is 4. The third kappa shape index (κ3) is 6.57. The van der Waals surface area contributed by atoms with Gasteiger partial charge in [0.1, 0.15) is 5.82 Å². The summed E-state index contributed by atoms with van der Waals surface area (Å²) in [6, 6.07) is 11.3. The van der Waals surface area contributed by atoms with Gasteiger partial charge in [0.15, 0.2) is 6.17 Å². The maximum absolute atomic E-state index is 13.7. The molecule has 202 valence electrons. The lowest BCUT2D eigenvalue weighted by Crippen LogP contribution is -2.54. The van der Waals surface area contributed by atoms with E-state index in [9.17, 15) is 28.7 Å². The summed E-state index contributed by atoms with van der Waals surface area (Å²) in [6.07, 6.45) is 3.92. The van der Waals surface area contributed by atoms with Crippen molar-refractivity contribution in [3.63, 3.8) is 0 Å². The van der Waals surface area contributed by atoms with E-state index in [-0.39, 0.29) is 31.3 Å². The smallest absolute Gasteiger partial charge is 0.305 e. The second kappa shape index (κ2) is 12.2. The van der Waals surface area contributed by atoms with E-state index in [4.69, 9.17) is 0 Å².